The minimum absolute atomic E-state index is 0.266. The van der Waals surface area contributed by atoms with E-state index in [4.69, 9.17) is 25.8 Å². The van der Waals surface area contributed by atoms with Crippen molar-refractivity contribution in [2.75, 3.05) is 19.8 Å². The third-order valence-corrected chi connectivity index (χ3v) is 4.34. The molecule has 2 N–H and O–H groups in total. The molecule has 162 valence electrons. The van der Waals surface area contributed by atoms with Gasteiger partial charge in [0, 0.05) is 10.6 Å². The van der Waals surface area contributed by atoms with Gasteiger partial charge in [0.1, 0.15) is 0 Å². The summed E-state index contributed by atoms with van der Waals surface area (Å²) in [6.45, 7) is 6.64. The van der Waals surface area contributed by atoms with Gasteiger partial charge in [0.25, 0.3) is 5.91 Å². The number of halogens is 1. The van der Waals surface area contributed by atoms with Gasteiger partial charge < -0.3 is 24.6 Å². The van der Waals surface area contributed by atoms with Crippen LogP contribution in [0.15, 0.2) is 36.4 Å². The Morgan fingerprint density at radius 3 is 2.10 bits per heavy atom. The van der Waals surface area contributed by atoms with Crippen molar-refractivity contribution in [3.05, 3.63) is 52.5 Å². The first-order valence-electron chi connectivity index (χ1n) is 9.74. The van der Waals surface area contributed by atoms with Crippen LogP contribution in [-0.4, -0.2) is 36.8 Å². The van der Waals surface area contributed by atoms with Crippen LogP contribution in [0, 0.1) is 0 Å². The molecule has 2 rings (SSSR count). The summed E-state index contributed by atoms with van der Waals surface area (Å²) in [7, 11) is 0. The minimum Gasteiger partial charge on any atom is -0.490 e. The van der Waals surface area contributed by atoms with E-state index >= 15 is 0 Å². The summed E-state index contributed by atoms with van der Waals surface area (Å²) in [4.78, 5) is 24.3. The molecule has 0 aliphatic rings. The first-order chi connectivity index (χ1) is 14.4. The van der Waals surface area contributed by atoms with Gasteiger partial charge in [0.2, 0.25) is 5.75 Å². The molecule has 0 aliphatic heterocycles. The van der Waals surface area contributed by atoms with Crippen LogP contribution in [-0.2, 0) is 4.79 Å². The Labute approximate surface area is 180 Å². The van der Waals surface area contributed by atoms with Gasteiger partial charge in [-0.3, -0.25) is 9.59 Å². The number of ether oxygens (including phenoxy) is 3. The van der Waals surface area contributed by atoms with Gasteiger partial charge in [0.15, 0.2) is 11.5 Å². The smallest absolute Gasteiger partial charge is 0.305 e. The molecule has 8 heteroatoms. The van der Waals surface area contributed by atoms with Crippen LogP contribution in [0.4, 0.5) is 0 Å². The number of hydrogen-bond acceptors (Lipinski definition) is 5. The average molecular weight is 436 g/mol. The van der Waals surface area contributed by atoms with E-state index < -0.39 is 17.9 Å². The van der Waals surface area contributed by atoms with Crippen molar-refractivity contribution in [2.45, 2.75) is 33.2 Å². The van der Waals surface area contributed by atoms with Gasteiger partial charge in [-0.25, -0.2) is 0 Å². The number of rotatable bonds is 11. The highest BCUT2D eigenvalue weighted by Crippen LogP contribution is 2.39. The summed E-state index contributed by atoms with van der Waals surface area (Å²) in [5.41, 5.74) is 0.863. The first kappa shape index (κ1) is 23.3. The molecule has 30 heavy (non-hydrogen) atoms. The SMILES string of the molecule is CCOc1cc(C(=O)N[C@@H](CC(=O)O)c2cccc(Cl)c2)cc(OCC)c1OCC. The molecule has 2 aromatic rings. The van der Waals surface area contributed by atoms with E-state index in [2.05, 4.69) is 5.32 Å². The van der Waals surface area contributed by atoms with E-state index in [1.54, 1.807) is 36.4 Å². The number of benzene rings is 2. The molecule has 1 atom stereocenters. The minimum atomic E-state index is -1.04. The van der Waals surface area contributed by atoms with Crippen LogP contribution < -0.4 is 19.5 Å². The third kappa shape index (κ3) is 6.29. The second-order valence-electron chi connectivity index (χ2n) is 6.28. The van der Waals surface area contributed by atoms with Crippen molar-refractivity contribution in [3.8, 4) is 17.2 Å². The lowest BCUT2D eigenvalue weighted by atomic mass is 10.0. The summed E-state index contributed by atoms with van der Waals surface area (Å²) in [5, 5.41) is 12.5. The summed E-state index contributed by atoms with van der Waals surface area (Å²) in [5.74, 6) is -0.321. The summed E-state index contributed by atoms with van der Waals surface area (Å²) in [6, 6.07) is 9.09. The van der Waals surface area contributed by atoms with Crippen LogP contribution in [0.2, 0.25) is 5.02 Å². The molecule has 0 aliphatic carbocycles. The largest absolute Gasteiger partial charge is 0.490 e. The van der Waals surface area contributed by atoms with Crippen molar-refractivity contribution < 1.29 is 28.9 Å². The van der Waals surface area contributed by atoms with Gasteiger partial charge in [0.05, 0.1) is 32.3 Å². The molecule has 0 radical (unpaired) electrons. The second-order valence-corrected chi connectivity index (χ2v) is 6.72. The topological polar surface area (TPSA) is 94.1 Å². The zero-order chi connectivity index (χ0) is 22.1. The van der Waals surface area contributed by atoms with E-state index in [9.17, 15) is 14.7 Å². The molecule has 0 fully saturated rings. The van der Waals surface area contributed by atoms with Gasteiger partial charge in [-0.2, -0.15) is 0 Å². The number of carboxylic acid groups (broad SMARTS) is 1. The molecular formula is C22H26ClNO6. The highest BCUT2D eigenvalue weighted by Gasteiger charge is 2.22. The molecule has 0 spiro atoms. The normalized spacial score (nSPS) is 11.5. The molecule has 2 aromatic carbocycles. The maximum Gasteiger partial charge on any atom is 0.305 e. The van der Waals surface area contributed by atoms with Crippen molar-refractivity contribution in [2.24, 2.45) is 0 Å². The fourth-order valence-corrected chi connectivity index (χ4v) is 3.11. The van der Waals surface area contributed by atoms with E-state index in [-0.39, 0.29) is 12.0 Å². The number of carbonyl (C=O) groups excluding carboxylic acids is 1. The number of carboxylic acids is 1. The average Bonchev–Trinajstić information content (AvgIpc) is 2.69. The van der Waals surface area contributed by atoms with Gasteiger partial charge >= 0.3 is 5.97 Å². The Balaban J connectivity index is 2.40. The van der Waals surface area contributed by atoms with Gasteiger partial charge in [-0.05, 0) is 50.6 Å². The lowest BCUT2D eigenvalue weighted by Crippen LogP contribution is -2.30. The first-order valence-corrected chi connectivity index (χ1v) is 10.1. The van der Waals surface area contributed by atoms with E-state index in [1.165, 1.54) is 0 Å². The number of amides is 1. The lowest BCUT2D eigenvalue weighted by molar-refractivity contribution is -0.137. The quantitative estimate of drug-likeness (QED) is 0.540. The molecule has 1 amide bonds. The lowest BCUT2D eigenvalue weighted by Gasteiger charge is -2.20. The van der Waals surface area contributed by atoms with E-state index in [0.717, 1.165) is 0 Å². The zero-order valence-electron chi connectivity index (χ0n) is 17.2. The maximum absolute atomic E-state index is 13.0. The van der Waals surface area contributed by atoms with Gasteiger partial charge in [-0.1, -0.05) is 23.7 Å². The fraction of sp³-hybridized carbons (Fsp3) is 0.364. The Hall–Kier alpha value is -2.93. The molecule has 0 bridgehead atoms. The Bertz CT molecular complexity index is 859. The van der Waals surface area contributed by atoms with Crippen LogP contribution in [0.25, 0.3) is 0 Å². The monoisotopic (exact) mass is 435 g/mol. The maximum atomic E-state index is 13.0. The van der Waals surface area contributed by atoms with Crippen LogP contribution >= 0.6 is 11.6 Å². The second kappa shape index (κ2) is 11.3. The van der Waals surface area contributed by atoms with Crippen molar-refractivity contribution in [3.63, 3.8) is 0 Å². The van der Waals surface area contributed by atoms with Crippen LogP contribution in [0.1, 0.15) is 49.2 Å². The molecule has 0 aromatic heterocycles. The molecule has 7 nitrogen and oxygen atoms in total. The number of aliphatic carboxylic acids is 1. The fourth-order valence-electron chi connectivity index (χ4n) is 2.91. The predicted molar refractivity (Wildman–Crippen MR) is 114 cm³/mol. The van der Waals surface area contributed by atoms with Crippen LogP contribution in [0.3, 0.4) is 0 Å². The Morgan fingerprint density at radius 1 is 1.00 bits per heavy atom. The highest BCUT2D eigenvalue weighted by atomic mass is 35.5. The van der Waals surface area contributed by atoms with Crippen molar-refractivity contribution in [1.29, 1.82) is 0 Å². The molecule has 0 unspecified atom stereocenters. The number of hydrogen-bond donors (Lipinski definition) is 2. The number of carbonyl (C=O) groups is 2. The highest BCUT2D eigenvalue weighted by molar-refractivity contribution is 6.30. The predicted octanol–water partition coefficient (Wildman–Crippen LogP) is 4.48. The molecule has 0 heterocycles. The summed E-state index contributed by atoms with van der Waals surface area (Å²) in [6.07, 6.45) is -0.292. The van der Waals surface area contributed by atoms with Crippen molar-refractivity contribution >= 4 is 23.5 Å². The Kier molecular flexibility index (Phi) is 8.80. The Morgan fingerprint density at radius 2 is 1.60 bits per heavy atom. The van der Waals surface area contributed by atoms with Crippen LogP contribution in [0.5, 0.6) is 17.2 Å². The van der Waals surface area contributed by atoms with E-state index in [0.29, 0.717) is 47.7 Å². The summed E-state index contributed by atoms with van der Waals surface area (Å²) >= 11 is 6.03. The zero-order valence-corrected chi connectivity index (χ0v) is 18.0. The third-order valence-electron chi connectivity index (χ3n) is 4.11. The molecule has 0 saturated carbocycles. The molecule has 0 saturated heterocycles. The van der Waals surface area contributed by atoms with Crippen molar-refractivity contribution in [1.82, 2.24) is 5.32 Å². The van der Waals surface area contributed by atoms with Gasteiger partial charge in [-0.15, -0.1) is 0 Å². The number of nitrogens with one attached hydrogen (secondary N) is 1. The summed E-state index contributed by atoms with van der Waals surface area (Å²) < 4.78 is 16.9. The standard InChI is InChI=1S/C22H26ClNO6/c1-4-28-18-11-15(12-19(29-5-2)21(18)30-6-3)22(27)24-17(13-20(25)26)14-8-7-9-16(23)10-14/h7-12,17H,4-6,13H2,1-3H3,(H,24,27)(H,25,26)/t17-/m0/s1. The molecular weight excluding hydrogens is 410 g/mol. The van der Waals surface area contributed by atoms with E-state index in [1.807, 2.05) is 20.8 Å².